The predicted molar refractivity (Wildman–Crippen MR) is 68.3 cm³/mol. The molecule has 0 aliphatic rings. The van der Waals surface area contributed by atoms with Crippen molar-refractivity contribution in [1.82, 2.24) is 0 Å². The summed E-state index contributed by atoms with van der Waals surface area (Å²) >= 11 is 0. The largest absolute Gasteiger partial charge is 0.297 e. The molecule has 3 nitrogen and oxygen atoms in total. The van der Waals surface area contributed by atoms with E-state index in [4.69, 9.17) is 4.18 Å². The molecule has 0 bridgehead atoms. The minimum atomic E-state index is -3.66. The molecule has 1 atom stereocenters. The Hall–Kier alpha value is -1.13. The summed E-state index contributed by atoms with van der Waals surface area (Å²) in [4.78, 5) is 0.200. The van der Waals surface area contributed by atoms with Crippen molar-refractivity contribution < 1.29 is 12.6 Å². The van der Waals surface area contributed by atoms with Gasteiger partial charge in [-0.05, 0) is 31.9 Å². The fourth-order valence-electron chi connectivity index (χ4n) is 1.40. The van der Waals surface area contributed by atoms with Crippen molar-refractivity contribution in [2.24, 2.45) is 0 Å². The third-order valence-electron chi connectivity index (χ3n) is 2.46. The van der Waals surface area contributed by atoms with E-state index in [1.807, 2.05) is 13.8 Å². The Kier molecular flexibility index (Phi) is 4.90. The van der Waals surface area contributed by atoms with E-state index in [-0.39, 0.29) is 11.0 Å². The summed E-state index contributed by atoms with van der Waals surface area (Å²) < 4.78 is 29.0. The number of benzene rings is 1. The van der Waals surface area contributed by atoms with Crippen LogP contribution in [0.4, 0.5) is 0 Å². The molecule has 94 valence electrons. The molecule has 1 aromatic rings. The maximum absolute atomic E-state index is 11.9. The van der Waals surface area contributed by atoms with Crippen LogP contribution >= 0.6 is 0 Å². The van der Waals surface area contributed by atoms with Gasteiger partial charge in [0.05, 0.1) is 11.0 Å². The predicted octanol–water partition coefficient (Wildman–Crippen LogP) is 3.06. The van der Waals surface area contributed by atoms with E-state index < -0.39 is 10.1 Å². The van der Waals surface area contributed by atoms with Gasteiger partial charge in [-0.25, -0.2) is 0 Å². The maximum Gasteiger partial charge on any atom is 0.297 e. The van der Waals surface area contributed by atoms with Crippen molar-refractivity contribution in [3.63, 3.8) is 0 Å². The highest BCUT2D eigenvalue weighted by Crippen LogP contribution is 2.17. The Morgan fingerprint density at radius 1 is 1.35 bits per heavy atom. The van der Waals surface area contributed by atoms with Crippen LogP contribution in [0.3, 0.4) is 0 Å². The summed E-state index contributed by atoms with van der Waals surface area (Å²) in [5.41, 5.74) is 1.02. The zero-order valence-electron chi connectivity index (χ0n) is 10.2. The topological polar surface area (TPSA) is 43.4 Å². The van der Waals surface area contributed by atoms with Gasteiger partial charge in [0.1, 0.15) is 0 Å². The van der Waals surface area contributed by atoms with Gasteiger partial charge in [-0.3, -0.25) is 4.18 Å². The molecule has 1 rings (SSSR count). The second-order valence-electron chi connectivity index (χ2n) is 3.92. The van der Waals surface area contributed by atoms with Crippen LogP contribution in [0.15, 0.2) is 41.8 Å². The van der Waals surface area contributed by atoms with Crippen molar-refractivity contribution in [3.05, 3.63) is 42.5 Å². The second-order valence-corrected chi connectivity index (χ2v) is 5.49. The van der Waals surface area contributed by atoms with Crippen LogP contribution in [-0.2, 0) is 14.3 Å². The van der Waals surface area contributed by atoms with Gasteiger partial charge in [0.15, 0.2) is 0 Å². The SMILES string of the molecule is C=CC[C@@H](CC)OS(=O)(=O)c1ccc(C)cc1. The van der Waals surface area contributed by atoms with E-state index in [1.165, 1.54) is 0 Å². The summed E-state index contributed by atoms with van der Waals surface area (Å²) in [6.45, 7) is 7.38. The Labute approximate surface area is 103 Å². The summed E-state index contributed by atoms with van der Waals surface area (Å²) in [5, 5.41) is 0. The standard InChI is InChI=1S/C13H18O3S/c1-4-6-12(5-2)16-17(14,15)13-9-7-11(3)8-10-13/h4,7-10,12H,1,5-6H2,2-3H3/t12-/m1/s1. The molecule has 17 heavy (non-hydrogen) atoms. The van der Waals surface area contributed by atoms with Crippen molar-refractivity contribution in [2.45, 2.75) is 37.7 Å². The van der Waals surface area contributed by atoms with Gasteiger partial charge in [-0.1, -0.05) is 30.7 Å². The quantitative estimate of drug-likeness (QED) is 0.579. The normalized spacial score (nSPS) is 13.3. The second kappa shape index (κ2) is 5.98. The van der Waals surface area contributed by atoms with Crippen LogP contribution < -0.4 is 0 Å². The van der Waals surface area contributed by atoms with Crippen LogP contribution in [0.25, 0.3) is 0 Å². The molecule has 0 fully saturated rings. The maximum atomic E-state index is 11.9. The minimum Gasteiger partial charge on any atom is -0.263 e. The molecule has 0 unspecified atom stereocenters. The molecule has 0 radical (unpaired) electrons. The lowest BCUT2D eigenvalue weighted by Gasteiger charge is -2.13. The average Bonchev–Trinajstić information content (AvgIpc) is 2.28. The molecule has 4 heteroatoms. The van der Waals surface area contributed by atoms with Crippen molar-refractivity contribution in [1.29, 1.82) is 0 Å². The van der Waals surface area contributed by atoms with Gasteiger partial charge < -0.3 is 0 Å². The Bertz CT molecular complexity index is 460. The highest BCUT2D eigenvalue weighted by atomic mass is 32.2. The van der Waals surface area contributed by atoms with Gasteiger partial charge in [0.2, 0.25) is 0 Å². The lowest BCUT2D eigenvalue weighted by Crippen LogP contribution is -2.17. The van der Waals surface area contributed by atoms with Crippen LogP contribution in [0.1, 0.15) is 25.3 Å². The molecule has 0 spiro atoms. The van der Waals surface area contributed by atoms with E-state index in [0.29, 0.717) is 12.8 Å². The van der Waals surface area contributed by atoms with E-state index in [0.717, 1.165) is 5.56 Å². The van der Waals surface area contributed by atoms with Crippen LogP contribution in [0.5, 0.6) is 0 Å². The summed E-state index contributed by atoms with van der Waals surface area (Å²) in [6, 6.07) is 6.63. The average molecular weight is 254 g/mol. The first-order valence-corrected chi connectivity index (χ1v) is 7.01. The first kappa shape index (κ1) is 13.9. The fraction of sp³-hybridized carbons (Fsp3) is 0.385. The van der Waals surface area contributed by atoms with Gasteiger partial charge in [-0.15, -0.1) is 6.58 Å². The molecule has 0 heterocycles. The van der Waals surface area contributed by atoms with Crippen LogP contribution in [0, 0.1) is 6.92 Å². The Morgan fingerprint density at radius 3 is 2.41 bits per heavy atom. The van der Waals surface area contributed by atoms with Crippen molar-refractivity contribution in [2.75, 3.05) is 0 Å². The van der Waals surface area contributed by atoms with Gasteiger partial charge in [-0.2, -0.15) is 8.42 Å². The molecule has 1 aromatic carbocycles. The van der Waals surface area contributed by atoms with Gasteiger partial charge in [0.25, 0.3) is 10.1 Å². The summed E-state index contributed by atoms with van der Waals surface area (Å²) in [7, 11) is -3.66. The van der Waals surface area contributed by atoms with E-state index in [9.17, 15) is 8.42 Å². The van der Waals surface area contributed by atoms with Crippen molar-refractivity contribution in [3.8, 4) is 0 Å². The number of hydrogen-bond acceptors (Lipinski definition) is 3. The third kappa shape index (κ3) is 3.98. The molecular formula is C13H18O3S. The number of hydrogen-bond donors (Lipinski definition) is 0. The first-order valence-electron chi connectivity index (χ1n) is 5.60. The molecule has 0 N–H and O–H groups in total. The van der Waals surface area contributed by atoms with Gasteiger partial charge >= 0.3 is 0 Å². The van der Waals surface area contributed by atoms with Gasteiger partial charge in [0, 0.05) is 0 Å². The molecule has 0 saturated heterocycles. The minimum absolute atomic E-state index is 0.200. The van der Waals surface area contributed by atoms with Crippen molar-refractivity contribution >= 4 is 10.1 Å². The van der Waals surface area contributed by atoms with Crippen LogP contribution in [-0.4, -0.2) is 14.5 Å². The molecule has 0 aromatic heterocycles. The number of rotatable bonds is 6. The van der Waals surface area contributed by atoms with E-state index >= 15 is 0 Å². The molecule has 0 amide bonds. The fourth-order valence-corrected chi connectivity index (χ4v) is 2.55. The molecule has 0 aliphatic heterocycles. The summed E-state index contributed by atoms with van der Waals surface area (Å²) in [6.07, 6.45) is 2.50. The molecule has 0 saturated carbocycles. The zero-order chi connectivity index (χ0) is 12.9. The Balaban J connectivity index is 2.87. The lowest BCUT2D eigenvalue weighted by atomic mass is 10.2. The highest BCUT2D eigenvalue weighted by Gasteiger charge is 2.19. The number of aryl methyl sites for hydroxylation is 1. The molecule has 0 aliphatic carbocycles. The monoisotopic (exact) mass is 254 g/mol. The highest BCUT2D eigenvalue weighted by molar-refractivity contribution is 7.86. The molecular weight excluding hydrogens is 236 g/mol. The third-order valence-corrected chi connectivity index (χ3v) is 3.83. The zero-order valence-corrected chi connectivity index (χ0v) is 11.0. The van der Waals surface area contributed by atoms with E-state index in [1.54, 1.807) is 30.3 Å². The first-order chi connectivity index (χ1) is 7.99. The summed E-state index contributed by atoms with van der Waals surface area (Å²) in [5.74, 6) is 0. The van der Waals surface area contributed by atoms with Crippen LogP contribution in [0.2, 0.25) is 0 Å². The smallest absolute Gasteiger partial charge is 0.263 e. The Morgan fingerprint density at radius 2 is 1.94 bits per heavy atom. The van der Waals surface area contributed by atoms with E-state index in [2.05, 4.69) is 6.58 Å². The lowest BCUT2D eigenvalue weighted by molar-refractivity contribution is 0.208.